The lowest BCUT2D eigenvalue weighted by Gasteiger charge is -2.07. The largest absolute Gasteiger partial charge is 0.396 e. The lowest BCUT2D eigenvalue weighted by molar-refractivity contribution is -0.385. The quantitative estimate of drug-likeness (QED) is 0.329. The molecule has 0 radical (unpaired) electrons. The third-order valence-electron chi connectivity index (χ3n) is 2.25. The SMILES string of the molecule is CCCNc1cc(SCCCO)cc([N+](=O)[O-])c1. The van der Waals surface area contributed by atoms with E-state index in [9.17, 15) is 10.1 Å². The van der Waals surface area contributed by atoms with Crippen LogP contribution in [0.2, 0.25) is 0 Å². The van der Waals surface area contributed by atoms with Crippen LogP contribution in [-0.4, -0.2) is 28.9 Å². The fourth-order valence-corrected chi connectivity index (χ4v) is 2.32. The van der Waals surface area contributed by atoms with Crippen LogP contribution in [0.15, 0.2) is 23.1 Å². The summed E-state index contributed by atoms with van der Waals surface area (Å²) in [6.45, 7) is 2.98. The number of nitrogens with zero attached hydrogens (tertiary/aromatic N) is 1. The number of thioether (sulfide) groups is 1. The molecule has 1 aromatic rings. The topological polar surface area (TPSA) is 75.4 Å². The first-order chi connectivity index (χ1) is 8.67. The monoisotopic (exact) mass is 270 g/mol. The molecule has 0 saturated carbocycles. The van der Waals surface area contributed by atoms with Crippen LogP contribution >= 0.6 is 11.8 Å². The highest BCUT2D eigenvalue weighted by molar-refractivity contribution is 7.99. The van der Waals surface area contributed by atoms with Crippen LogP contribution in [0.5, 0.6) is 0 Å². The first kappa shape index (κ1) is 14.8. The predicted molar refractivity (Wildman–Crippen MR) is 74.3 cm³/mol. The van der Waals surface area contributed by atoms with Crippen LogP contribution in [0.4, 0.5) is 11.4 Å². The Kier molecular flexibility index (Phi) is 6.53. The number of hydrogen-bond acceptors (Lipinski definition) is 5. The average Bonchev–Trinajstić information content (AvgIpc) is 2.36. The van der Waals surface area contributed by atoms with Crippen LogP contribution < -0.4 is 5.32 Å². The third kappa shape index (κ3) is 4.93. The fourth-order valence-electron chi connectivity index (χ4n) is 1.40. The van der Waals surface area contributed by atoms with E-state index in [-0.39, 0.29) is 17.2 Å². The number of hydrogen-bond donors (Lipinski definition) is 2. The Bertz CT molecular complexity index is 399. The molecule has 100 valence electrons. The minimum atomic E-state index is -0.382. The molecule has 0 aromatic heterocycles. The molecule has 6 heteroatoms. The molecule has 5 nitrogen and oxygen atoms in total. The smallest absolute Gasteiger partial charge is 0.272 e. The van der Waals surface area contributed by atoms with E-state index in [0.29, 0.717) is 6.42 Å². The maximum Gasteiger partial charge on any atom is 0.272 e. The second kappa shape index (κ2) is 7.94. The summed E-state index contributed by atoms with van der Waals surface area (Å²) < 4.78 is 0. The standard InChI is InChI=1S/C12H18N2O3S/c1-2-4-13-10-7-11(14(16)17)9-12(8-10)18-6-3-5-15/h7-9,13,15H,2-6H2,1H3. The molecule has 1 aromatic carbocycles. The van der Waals surface area contributed by atoms with Crippen LogP contribution in [0.25, 0.3) is 0 Å². The molecular weight excluding hydrogens is 252 g/mol. The van der Waals surface area contributed by atoms with E-state index in [2.05, 4.69) is 5.32 Å². The zero-order valence-corrected chi connectivity index (χ0v) is 11.2. The second-order valence-corrected chi connectivity index (χ2v) is 4.99. The van der Waals surface area contributed by atoms with Gasteiger partial charge in [-0.3, -0.25) is 10.1 Å². The van der Waals surface area contributed by atoms with Gasteiger partial charge < -0.3 is 10.4 Å². The lowest BCUT2D eigenvalue weighted by Crippen LogP contribution is -2.00. The number of nitrogens with one attached hydrogen (secondary N) is 1. The molecule has 18 heavy (non-hydrogen) atoms. The Morgan fingerprint density at radius 1 is 1.44 bits per heavy atom. The number of non-ortho nitro benzene ring substituents is 1. The van der Waals surface area contributed by atoms with Crippen molar-refractivity contribution in [1.82, 2.24) is 0 Å². The Balaban J connectivity index is 2.80. The van der Waals surface area contributed by atoms with Gasteiger partial charge in [-0.05, 0) is 18.9 Å². The minimum absolute atomic E-state index is 0.0996. The van der Waals surface area contributed by atoms with Crippen molar-refractivity contribution in [2.75, 3.05) is 24.2 Å². The number of nitro benzene ring substituents is 1. The Morgan fingerprint density at radius 3 is 2.83 bits per heavy atom. The Morgan fingerprint density at radius 2 is 2.22 bits per heavy atom. The van der Waals surface area contributed by atoms with Crippen molar-refractivity contribution in [3.8, 4) is 0 Å². The third-order valence-corrected chi connectivity index (χ3v) is 3.31. The highest BCUT2D eigenvalue weighted by Crippen LogP contribution is 2.28. The van der Waals surface area contributed by atoms with E-state index in [0.717, 1.165) is 29.3 Å². The van der Waals surface area contributed by atoms with Crippen molar-refractivity contribution in [2.24, 2.45) is 0 Å². The average molecular weight is 270 g/mol. The molecule has 1 rings (SSSR count). The number of aliphatic hydroxyl groups is 1. The predicted octanol–water partition coefficient (Wildman–Crippen LogP) is 2.89. The molecule has 0 aliphatic rings. The van der Waals surface area contributed by atoms with Gasteiger partial charge >= 0.3 is 0 Å². The van der Waals surface area contributed by atoms with E-state index >= 15 is 0 Å². The number of benzene rings is 1. The Hall–Kier alpha value is -1.27. The molecule has 0 spiro atoms. The molecule has 0 aliphatic heterocycles. The van der Waals surface area contributed by atoms with E-state index in [4.69, 9.17) is 5.11 Å². The second-order valence-electron chi connectivity index (χ2n) is 3.83. The minimum Gasteiger partial charge on any atom is -0.396 e. The molecule has 0 aliphatic carbocycles. The molecule has 2 N–H and O–H groups in total. The van der Waals surface area contributed by atoms with Gasteiger partial charge in [-0.1, -0.05) is 6.92 Å². The highest BCUT2D eigenvalue weighted by Gasteiger charge is 2.09. The molecule has 0 unspecified atom stereocenters. The molecular formula is C12H18N2O3S. The van der Waals surface area contributed by atoms with Crippen molar-refractivity contribution < 1.29 is 10.0 Å². The summed E-state index contributed by atoms with van der Waals surface area (Å²) in [6.07, 6.45) is 1.65. The number of aliphatic hydroxyl groups excluding tert-OH is 1. The van der Waals surface area contributed by atoms with Gasteiger partial charge in [0.2, 0.25) is 0 Å². The molecule has 0 atom stereocenters. The first-order valence-corrected chi connectivity index (χ1v) is 6.93. The number of rotatable bonds is 8. The van der Waals surface area contributed by atoms with E-state index in [1.165, 1.54) is 11.8 Å². The lowest BCUT2D eigenvalue weighted by atomic mass is 10.2. The summed E-state index contributed by atoms with van der Waals surface area (Å²) >= 11 is 1.52. The normalized spacial score (nSPS) is 10.3. The van der Waals surface area contributed by atoms with E-state index < -0.39 is 0 Å². The van der Waals surface area contributed by atoms with Gasteiger partial charge in [-0.15, -0.1) is 11.8 Å². The molecule has 0 bridgehead atoms. The van der Waals surface area contributed by atoms with Crippen molar-refractivity contribution in [2.45, 2.75) is 24.7 Å². The Labute approximate surface area is 111 Å². The molecule has 0 amide bonds. The summed E-state index contributed by atoms with van der Waals surface area (Å²) in [5.41, 5.74) is 0.875. The van der Waals surface area contributed by atoms with E-state index in [1.54, 1.807) is 12.1 Å². The highest BCUT2D eigenvalue weighted by atomic mass is 32.2. The van der Waals surface area contributed by atoms with Crippen molar-refractivity contribution in [1.29, 1.82) is 0 Å². The van der Waals surface area contributed by atoms with Crippen LogP contribution in [0.3, 0.4) is 0 Å². The maximum absolute atomic E-state index is 10.8. The first-order valence-electron chi connectivity index (χ1n) is 5.94. The van der Waals surface area contributed by atoms with Gasteiger partial charge in [0, 0.05) is 41.6 Å². The number of nitro groups is 1. The number of anilines is 1. The van der Waals surface area contributed by atoms with Crippen LogP contribution in [-0.2, 0) is 0 Å². The van der Waals surface area contributed by atoms with Gasteiger partial charge in [-0.2, -0.15) is 0 Å². The van der Waals surface area contributed by atoms with Crippen LogP contribution in [0, 0.1) is 10.1 Å². The van der Waals surface area contributed by atoms with Gasteiger partial charge in [0.05, 0.1) is 4.92 Å². The zero-order chi connectivity index (χ0) is 13.4. The van der Waals surface area contributed by atoms with Crippen LogP contribution in [0.1, 0.15) is 19.8 Å². The van der Waals surface area contributed by atoms with Crippen molar-refractivity contribution >= 4 is 23.1 Å². The van der Waals surface area contributed by atoms with Gasteiger partial charge in [0.15, 0.2) is 0 Å². The fraction of sp³-hybridized carbons (Fsp3) is 0.500. The summed E-state index contributed by atoms with van der Waals surface area (Å²) in [4.78, 5) is 11.3. The maximum atomic E-state index is 10.8. The molecule has 0 fully saturated rings. The summed E-state index contributed by atoms with van der Waals surface area (Å²) in [6, 6.07) is 5.02. The van der Waals surface area contributed by atoms with Gasteiger partial charge in [0.1, 0.15) is 0 Å². The summed E-state index contributed by atoms with van der Waals surface area (Å²) in [5.74, 6) is 0.755. The zero-order valence-electron chi connectivity index (χ0n) is 10.4. The summed E-state index contributed by atoms with van der Waals surface area (Å²) in [5, 5.41) is 22.7. The van der Waals surface area contributed by atoms with Gasteiger partial charge in [-0.25, -0.2) is 0 Å². The summed E-state index contributed by atoms with van der Waals surface area (Å²) in [7, 11) is 0. The van der Waals surface area contributed by atoms with Gasteiger partial charge in [0.25, 0.3) is 5.69 Å². The van der Waals surface area contributed by atoms with E-state index in [1.807, 2.05) is 13.0 Å². The van der Waals surface area contributed by atoms with Crippen molar-refractivity contribution in [3.05, 3.63) is 28.3 Å². The van der Waals surface area contributed by atoms with Crippen molar-refractivity contribution in [3.63, 3.8) is 0 Å². The molecule has 0 saturated heterocycles. The molecule has 0 heterocycles.